The van der Waals surface area contributed by atoms with E-state index >= 15 is 0 Å². The van der Waals surface area contributed by atoms with Gasteiger partial charge in [0.1, 0.15) is 0 Å². The quantitative estimate of drug-likeness (QED) is 0.493. The fourth-order valence-electron chi connectivity index (χ4n) is 3.15. The number of urea groups is 1. The normalized spacial score (nSPS) is 16.1. The number of fused-ring (bicyclic) bond motifs is 1. The molecule has 2 amide bonds. The third-order valence-corrected chi connectivity index (χ3v) is 5.03. The average molecular weight is 411 g/mol. The molecule has 0 saturated heterocycles. The van der Waals surface area contributed by atoms with Gasteiger partial charge in [-0.3, -0.25) is 4.98 Å². The van der Waals surface area contributed by atoms with Crippen LogP contribution in [0.4, 0.5) is 25.0 Å². The van der Waals surface area contributed by atoms with Crippen molar-refractivity contribution in [1.29, 1.82) is 0 Å². The molecule has 2 aromatic heterocycles. The topological polar surface area (TPSA) is 69.8 Å². The molecule has 9 heteroatoms. The minimum atomic E-state index is -2.64. The van der Waals surface area contributed by atoms with Crippen LogP contribution in [0.15, 0.2) is 36.7 Å². The Balaban J connectivity index is 1.45. The van der Waals surface area contributed by atoms with Crippen LogP contribution in [0.3, 0.4) is 0 Å². The number of nitrogens with zero attached hydrogens (tertiary/aromatic N) is 1. The van der Waals surface area contributed by atoms with Crippen LogP contribution in [0, 0.1) is 0 Å². The van der Waals surface area contributed by atoms with Crippen LogP contribution < -0.4 is 10.6 Å². The lowest BCUT2D eigenvalue weighted by atomic mass is 9.79. The summed E-state index contributed by atoms with van der Waals surface area (Å²) in [6.45, 7) is 0. The Morgan fingerprint density at radius 3 is 2.70 bits per heavy atom. The van der Waals surface area contributed by atoms with Crippen LogP contribution in [0.25, 0.3) is 10.9 Å². The van der Waals surface area contributed by atoms with Gasteiger partial charge < -0.3 is 15.6 Å². The first-order chi connectivity index (χ1) is 12.8. The lowest BCUT2D eigenvalue weighted by molar-refractivity contribution is -0.0875. The van der Waals surface area contributed by atoms with Crippen molar-refractivity contribution in [2.24, 2.45) is 0 Å². The van der Waals surface area contributed by atoms with Crippen molar-refractivity contribution in [2.45, 2.75) is 24.7 Å². The van der Waals surface area contributed by atoms with Crippen molar-refractivity contribution in [3.63, 3.8) is 0 Å². The minimum absolute atomic E-state index is 0.254. The molecule has 0 spiro atoms. The molecule has 1 aliphatic rings. The lowest BCUT2D eigenvalue weighted by Gasteiger charge is -2.34. The number of pyridine rings is 1. The number of halogens is 4. The summed E-state index contributed by atoms with van der Waals surface area (Å²) in [5.41, 5.74) is 2.20. The zero-order valence-electron chi connectivity index (χ0n) is 13.8. The number of aromatic amines is 1. The van der Waals surface area contributed by atoms with Gasteiger partial charge in [0, 0.05) is 40.9 Å². The second-order valence-corrected chi connectivity index (χ2v) is 7.37. The van der Waals surface area contributed by atoms with E-state index in [-0.39, 0.29) is 23.8 Å². The maximum atomic E-state index is 13.0. The fraction of sp³-hybridized carbons (Fsp3) is 0.222. The number of carbonyl (C=O) groups excluding carboxylic acids is 1. The van der Waals surface area contributed by atoms with Gasteiger partial charge in [-0.25, -0.2) is 13.6 Å². The molecule has 5 nitrogen and oxygen atoms in total. The smallest absolute Gasteiger partial charge is 0.323 e. The molecule has 3 aromatic rings. The van der Waals surface area contributed by atoms with Gasteiger partial charge in [-0.15, -0.1) is 0 Å². The largest absolute Gasteiger partial charge is 0.359 e. The zero-order valence-corrected chi connectivity index (χ0v) is 15.3. The number of benzene rings is 1. The van der Waals surface area contributed by atoms with E-state index in [1.807, 2.05) is 6.07 Å². The Kier molecular flexibility index (Phi) is 4.44. The molecular weight excluding hydrogens is 397 g/mol. The highest BCUT2D eigenvalue weighted by molar-refractivity contribution is 6.32. The van der Waals surface area contributed by atoms with Gasteiger partial charge in [-0.2, -0.15) is 0 Å². The standard InChI is InChI=1S/C18H14Cl2F2N4O/c19-10-1-2-14-12(3-10)15(8-23-14)26-17(27)25-11-4-13(20)16(24-7-11)9-5-18(21,22)6-9/h1-4,7-9,23H,5-6H2,(H2,25,26,27). The van der Waals surface area contributed by atoms with E-state index in [9.17, 15) is 13.6 Å². The van der Waals surface area contributed by atoms with E-state index in [1.165, 1.54) is 12.3 Å². The highest BCUT2D eigenvalue weighted by Gasteiger charge is 2.47. The summed E-state index contributed by atoms with van der Waals surface area (Å²) >= 11 is 12.1. The van der Waals surface area contributed by atoms with Crippen LogP contribution >= 0.6 is 23.2 Å². The van der Waals surface area contributed by atoms with Crippen molar-refractivity contribution in [1.82, 2.24) is 9.97 Å². The van der Waals surface area contributed by atoms with Gasteiger partial charge in [-0.1, -0.05) is 23.2 Å². The number of hydrogen-bond donors (Lipinski definition) is 3. The first kappa shape index (κ1) is 18.0. The average Bonchev–Trinajstić information content (AvgIpc) is 2.95. The molecule has 0 atom stereocenters. The number of rotatable bonds is 3. The number of aromatic nitrogens is 2. The number of H-pyrrole nitrogens is 1. The first-order valence-electron chi connectivity index (χ1n) is 8.19. The molecule has 1 fully saturated rings. The molecule has 0 bridgehead atoms. The Morgan fingerprint density at radius 1 is 1.22 bits per heavy atom. The van der Waals surface area contributed by atoms with Crippen molar-refractivity contribution >= 4 is 51.5 Å². The molecule has 2 heterocycles. The van der Waals surface area contributed by atoms with Gasteiger partial charge in [0.15, 0.2) is 0 Å². The molecule has 0 unspecified atom stereocenters. The zero-order chi connectivity index (χ0) is 19.2. The van der Waals surface area contributed by atoms with Crippen molar-refractivity contribution in [2.75, 3.05) is 10.6 Å². The Hall–Kier alpha value is -2.38. The number of alkyl halides is 2. The van der Waals surface area contributed by atoms with Crippen LogP contribution in [0.5, 0.6) is 0 Å². The predicted octanol–water partition coefficient (Wildman–Crippen LogP) is 6.03. The summed E-state index contributed by atoms with van der Waals surface area (Å²) in [5.74, 6) is -3.00. The molecule has 0 radical (unpaired) electrons. The van der Waals surface area contributed by atoms with Crippen LogP contribution in [0.1, 0.15) is 24.5 Å². The van der Waals surface area contributed by atoms with E-state index in [2.05, 4.69) is 20.6 Å². The number of hydrogen-bond acceptors (Lipinski definition) is 2. The number of amides is 2. The molecule has 27 heavy (non-hydrogen) atoms. The van der Waals surface area contributed by atoms with Gasteiger partial charge in [0.25, 0.3) is 0 Å². The Morgan fingerprint density at radius 2 is 2.00 bits per heavy atom. The molecular formula is C18H14Cl2F2N4O. The van der Waals surface area contributed by atoms with Gasteiger partial charge in [0.05, 0.1) is 28.3 Å². The van der Waals surface area contributed by atoms with Crippen molar-refractivity contribution in [3.05, 3.63) is 52.4 Å². The van der Waals surface area contributed by atoms with Crippen LogP contribution in [-0.2, 0) is 0 Å². The lowest BCUT2D eigenvalue weighted by Crippen LogP contribution is -2.34. The van der Waals surface area contributed by atoms with Gasteiger partial charge >= 0.3 is 6.03 Å². The SMILES string of the molecule is O=C(Nc1cnc(C2CC(F)(F)C2)c(Cl)c1)Nc1c[nH]c2ccc(Cl)cc12. The van der Waals surface area contributed by atoms with E-state index in [4.69, 9.17) is 23.2 Å². The number of carbonyl (C=O) groups is 1. The highest BCUT2D eigenvalue weighted by atomic mass is 35.5. The molecule has 1 aromatic carbocycles. The predicted molar refractivity (Wildman–Crippen MR) is 102 cm³/mol. The minimum Gasteiger partial charge on any atom is -0.359 e. The van der Waals surface area contributed by atoms with Crippen molar-refractivity contribution < 1.29 is 13.6 Å². The molecule has 4 rings (SSSR count). The second-order valence-electron chi connectivity index (χ2n) is 6.52. The van der Waals surface area contributed by atoms with Crippen LogP contribution in [0.2, 0.25) is 10.0 Å². The third-order valence-electron chi connectivity index (χ3n) is 4.50. The summed E-state index contributed by atoms with van der Waals surface area (Å²) in [4.78, 5) is 19.4. The van der Waals surface area contributed by atoms with Crippen LogP contribution in [-0.4, -0.2) is 21.9 Å². The van der Waals surface area contributed by atoms with E-state index < -0.39 is 12.0 Å². The summed E-state index contributed by atoms with van der Waals surface area (Å²) in [7, 11) is 0. The van der Waals surface area contributed by atoms with E-state index in [1.54, 1.807) is 18.3 Å². The fourth-order valence-corrected chi connectivity index (χ4v) is 3.65. The Labute approximate surface area is 163 Å². The molecule has 1 aliphatic carbocycles. The van der Waals surface area contributed by atoms with E-state index in [0.29, 0.717) is 22.1 Å². The number of anilines is 2. The van der Waals surface area contributed by atoms with Gasteiger partial charge in [0.2, 0.25) is 5.92 Å². The highest BCUT2D eigenvalue weighted by Crippen LogP contribution is 2.49. The summed E-state index contributed by atoms with van der Waals surface area (Å²) in [6.07, 6.45) is 2.56. The number of nitrogens with one attached hydrogen (secondary N) is 3. The maximum Gasteiger partial charge on any atom is 0.323 e. The third kappa shape index (κ3) is 3.70. The molecule has 3 N–H and O–H groups in total. The summed E-state index contributed by atoms with van der Waals surface area (Å²) in [6, 6.07) is 6.32. The summed E-state index contributed by atoms with van der Waals surface area (Å²) in [5, 5.41) is 6.93. The molecule has 0 aliphatic heterocycles. The van der Waals surface area contributed by atoms with E-state index in [0.717, 1.165) is 10.9 Å². The first-order valence-corrected chi connectivity index (χ1v) is 8.94. The second kappa shape index (κ2) is 6.65. The molecule has 140 valence electrons. The maximum absolute atomic E-state index is 13.0. The van der Waals surface area contributed by atoms with Gasteiger partial charge in [-0.05, 0) is 24.3 Å². The Bertz CT molecular complexity index is 1030. The van der Waals surface area contributed by atoms with Crippen molar-refractivity contribution in [3.8, 4) is 0 Å². The molecule has 1 saturated carbocycles. The summed E-state index contributed by atoms with van der Waals surface area (Å²) < 4.78 is 26.1. The monoisotopic (exact) mass is 410 g/mol.